The molecule has 1 aliphatic heterocycles. The second-order valence-electron chi connectivity index (χ2n) is 5.32. The number of amides is 2. The van der Waals surface area contributed by atoms with Crippen LogP contribution in [0.2, 0.25) is 0 Å². The standard InChI is InChI=1S/C18H19NO4/c1-2-3-4-5-13-6-8-14(9-7-13)12-23-17(21)11-15-10-16(20)19-18(15)22/h2,6-10H,1,3-5,11-12H2,(H,19,20,22). The van der Waals surface area contributed by atoms with Crippen molar-refractivity contribution in [2.75, 3.05) is 0 Å². The van der Waals surface area contributed by atoms with Crippen LogP contribution >= 0.6 is 0 Å². The number of nitrogens with one attached hydrogen (secondary N) is 1. The van der Waals surface area contributed by atoms with E-state index >= 15 is 0 Å². The maximum absolute atomic E-state index is 11.7. The molecule has 0 atom stereocenters. The first kappa shape index (κ1) is 16.7. The molecule has 0 aromatic heterocycles. The Bertz CT molecular complexity index is 643. The van der Waals surface area contributed by atoms with Crippen LogP contribution in [0.4, 0.5) is 0 Å². The molecule has 0 saturated heterocycles. The van der Waals surface area contributed by atoms with Gasteiger partial charge in [-0.05, 0) is 30.4 Å². The molecule has 2 amide bonds. The predicted octanol–water partition coefficient (Wildman–Crippen LogP) is 2.21. The molecule has 1 N–H and O–H groups in total. The molecule has 0 spiro atoms. The second kappa shape index (κ2) is 8.08. The van der Waals surface area contributed by atoms with E-state index in [2.05, 4.69) is 11.9 Å². The second-order valence-corrected chi connectivity index (χ2v) is 5.32. The number of unbranched alkanes of at least 4 members (excludes halogenated alkanes) is 1. The lowest BCUT2D eigenvalue weighted by atomic mass is 10.1. The average Bonchev–Trinajstić information content (AvgIpc) is 2.84. The SMILES string of the molecule is C=CCCCc1ccc(COC(=O)CC2=CC(=O)NC2=O)cc1. The molecular weight excluding hydrogens is 294 g/mol. The Balaban J connectivity index is 1.78. The van der Waals surface area contributed by atoms with Gasteiger partial charge in [0.15, 0.2) is 0 Å². The third-order valence-corrected chi connectivity index (χ3v) is 3.46. The zero-order chi connectivity index (χ0) is 16.7. The van der Waals surface area contributed by atoms with Crippen molar-refractivity contribution in [3.05, 3.63) is 59.7 Å². The highest BCUT2D eigenvalue weighted by Gasteiger charge is 2.23. The van der Waals surface area contributed by atoms with Crippen molar-refractivity contribution in [3.8, 4) is 0 Å². The monoisotopic (exact) mass is 313 g/mol. The van der Waals surface area contributed by atoms with Crippen LogP contribution in [0.15, 0.2) is 48.6 Å². The third kappa shape index (κ3) is 5.21. The summed E-state index contributed by atoms with van der Waals surface area (Å²) in [5.41, 5.74) is 2.25. The molecular formula is C18H19NO4. The summed E-state index contributed by atoms with van der Waals surface area (Å²) in [4.78, 5) is 34.0. The molecule has 0 aliphatic carbocycles. The third-order valence-electron chi connectivity index (χ3n) is 3.46. The summed E-state index contributed by atoms with van der Waals surface area (Å²) in [6.07, 6.45) is 5.88. The zero-order valence-electron chi connectivity index (χ0n) is 12.8. The van der Waals surface area contributed by atoms with Crippen LogP contribution in [0.5, 0.6) is 0 Å². The van der Waals surface area contributed by atoms with Crippen molar-refractivity contribution in [2.24, 2.45) is 0 Å². The number of hydrogen-bond donors (Lipinski definition) is 1. The van der Waals surface area contributed by atoms with Gasteiger partial charge in [-0.3, -0.25) is 19.7 Å². The fraction of sp³-hybridized carbons (Fsp3) is 0.278. The summed E-state index contributed by atoms with van der Waals surface area (Å²) in [6.45, 7) is 3.84. The first-order valence-corrected chi connectivity index (χ1v) is 7.48. The van der Waals surface area contributed by atoms with Crippen molar-refractivity contribution < 1.29 is 19.1 Å². The van der Waals surface area contributed by atoms with E-state index in [-0.39, 0.29) is 18.6 Å². The summed E-state index contributed by atoms with van der Waals surface area (Å²) in [5, 5.41) is 2.09. The van der Waals surface area contributed by atoms with E-state index in [0.717, 1.165) is 30.9 Å². The Morgan fingerprint density at radius 1 is 1.17 bits per heavy atom. The molecule has 0 fully saturated rings. The van der Waals surface area contributed by atoms with Crippen molar-refractivity contribution in [1.82, 2.24) is 5.32 Å². The van der Waals surface area contributed by atoms with Crippen LogP contribution in [0, 0.1) is 0 Å². The fourth-order valence-corrected chi connectivity index (χ4v) is 2.21. The van der Waals surface area contributed by atoms with Crippen LogP contribution < -0.4 is 5.32 Å². The molecule has 1 aromatic carbocycles. The number of rotatable bonds is 8. The van der Waals surface area contributed by atoms with E-state index in [1.807, 2.05) is 30.3 Å². The first-order chi connectivity index (χ1) is 11.1. The molecule has 2 rings (SSSR count). The molecule has 1 aliphatic rings. The molecule has 5 nitrogen and oxygen atoms in total. The first-order valence-electron chi connectivity index (χ1n) is 7.48. The summed E-state index contributed by atoms with van der Waals surface area (Å²) < 4.78 is 5.13. The van der Waals surface area contributed by atoms with E-state index in [1.54, 1.807) is 0 Å². The van der Waals surface area contributed by atoms with E-state index in [4.69, 9.17) is 4.74 Å². The summed E-state index contributed by atoms with van der Waals surface area (Å²) in [7, 11) is 0. The minimum atomic E-state index is -0.532. The Labute approximate surface area is 135 Å². The van der Waals surface area contributed by atoms with E-state index in [9.17, 15) is 14.4 Å². The van der Waals surface area contributed by atoms with Crippen LogP contribution in [0.25, 0.3) is 0 Å². The van der Waals surface area contributed by atoms with Crippen molar-refractivity contribution in [2.45, 2.75) is 32.3 Å². The Morgan fingerprint density at radius 2 is 1.87 bits per heavy atom. The number of imide groups is 1. The topological polar surface area (TPSA) is 72.5 Å². The lowest BCUT2D eigenvalue weighted by Crippen LogP contribution is -2.23. The van der Waals surface area contributed by atoms with Crippen LogP contribution in [-0.2, 0) is 32.1 Å². The highest BCUT2D eigenvalue weighted by atomic mass is 16.5. The molecule has 1 aromatic rings. The maximum atomic E-state index is 11.7. The van der Waals surface area contributed by atoms with Crippen molar-refractivity contribution >= 4 is 17.8 Å². The fourth-order valence-electron chi connectivity index (χ4n) is 2.21. The Kier molecular flexibility index (Phi) is 5.86. The van der Waals surface area contributed by atoms with Crippen LogP contribution in [-0.4, -0.2) is 17.8 Å². The number of esters is 1. The van der Waals surface area contributed by atoms with E-state index in [1.165, 1.54) is 5.56 Å². The summed E-state index contributed by atoms with van der Waals surface area (Å²) >= 11 is 0. The smallest absolute Gasteiger partial charge is 0.310 e. The number of hydrogen-bond acceptors (Lipinski definition) is 4. The molecule has 0 unspecified atom stereocenters. The van der Waals surface area contributed by atoms with Gasteiger partial charge in [0.1, 0.15) is 6.61 Å². The van der Waals surface area contributed by atoms with Gasteiger partial charge in [0.05, 0.1) is 6.42 Å². The molecule has 1 heterocycles. The molecule has 0 radical (unpaired) electrons. The van der Waals surface area contributed by atoms with Gasteiger partial charge in [0, 0.05) is 11.6 Å². The molecule has 0 saturated carbocycles. The van der Waals surface area contributed by atoms with Gasteiger partial charge in [0.25, 0.3) is 11.8 Å². The Hall–Kier alpha value is -2.69. The molecule has 120 valence electrons. The number of benzene rings is 1. The van der Waals surface area contributed by atoms with Crippen LogP contribution in [0.1, 0.15) is 30.4 Å². The number of carbonyl (C=O) groups is 3. The van der Waals surface area contributed by atoms with Gasteiger partial charge < -0.3 is 4.74 Å². The van der Waals surface area contributed by atoms with Gasteiger partial charge in [-0.25, -0.2) is 0 Å². The van der Waals surface area contributed by atoms with Crippen molar-refractivity contribution in [1.29, 1.82) is 0 Å². The minimum absolute atomic E-state index is 0.137. The molecule has 5 heteroatoms. The predicted molar refractivity (Wildman–Crippen MR) is 85.2 cm³/mol. The Morgan fingerprint density at radius 3 is 2.48 bits per heavy atom. The average molecular weight is 313 g/mol. The number of ether oxygens (including phenoxy) is 1. The minimum Gasteiger partial charge on any atom is -0.461 e. The summed E-state index contributed by atoms with van der Waals surface area (Å²) in [6, 6.07) is 7.86. The van der Waals surface area contributed by atoms with Crippen molar-refractivity contribution in [3.63, 3.8) is 0 Å². The number of carbonyl (C=O) groups excluding carboxylic acids is 3. The molecule has 23 heavy (non-hydrogen) atoms. The maximum Gasteiger partial charge on any atom is 0.310 e. The lowest BCUT2D eigenvalue weighted by Gasteiger charge is -2.06. The van der Waals surface area contributed by atoms with Gasteiger partial charge in [-0.15, -0.1) is 6.58 Å². The quantitative estimate of drug-likeness (QED) is 0.346. The zero-order valence-corrected chi connectivity index (χ0v) is 12.8. The normalized spacial score (nSPS) is 13.5. The lowest BCUT2D eigenvalue weighted by molar-refractivity contribution is -0.144. The molecule has 0 bridgehead atoms. The van der Waals surface area contributed by atoms with Crippen LogP contribution in [0.3, 0.4) is 0 Å². The van der Waals surface area contributed by atoms with Gasteiger partial charge in [-0.1, -0.05) is 30.3 Å². The largest absolute Gasteiger partial charge is 0.461 e. The van der Waals surface area contributed by atoms with Gasteiger partial charge in [-0.2, -0.15) is 0 Å². The van der Waals surface area contributed by atoms with E-state index in [0.29, 0.717) is 0 Å². The van der Waals surface area contributed by atoms with E-state index < -0.39 is 17.8 Å². The highest BCUT2D eigenvalue weighted by Crippen LogP contribution is 2.12. The summed E-state index contributed by atoms with van der Waals surface area (Å²) in [5.74, 6) is -1.56. The van der Waals surface area contributed by atoms with Gasteiger partial charge >= 0.3 is 5.97 Å². The number of aryl methyl sites for hydroxylation is 1. The van der Waals surface area contributed by atoms with Gasteiger partial charge in [0.2, 0.25) is 0 Å². The highest BCUT2D eigenvalue weighted by molar-refractivity contribution is 6.17. The number of allylic oxidation sites excluding steroid dienone is 1.